The molecule has 3 amide bonds. The second-order valence-electron chi connectivity index (χ2n) is 9.99. The Morgan fingerprint density at radius 1 is 1.27 bits per heavy atom. The normalized spacial score (nSPS) is 19.2. The molecule has 8 nitrogen and oxygen atoms in total. The minimum atomic E-state index is -0.878. The number of carbonyl (C=O) groups excluding carboxylic acids is 3. The second kappa shape index (κ2) is 10.9. The van der Waals surface area contributed by atoms with E-state index in [0.29, 0.717) is 17.7 Å². The van der Waals surface area contributed by atoms with Gasteiger partial charge in [0.1, 0.15) is 23.4 Å². The molecule has 0 saturated heterocycles. The average Bonchev–Trinajstić information content (AvgIpc) is 3.42. The second-order valence-corrected chi connectivity index (χ2v) is 9.99. The molecule has 0 heterocycles. The number of hydrogen-bond donors (Lipinski definition) is 3. The summed E-state index contributed by atoms with van der Waals surface area (Å²) in [5, 5.41) is 15.5. The number of unbranched alkanes of at least 4 members (excludes halogenated alkanes) is 1. The van der Waals surface area contributed by atoms with Crippen molar-refractivity contribution in [2.24, 2.45) is 5.92 Å². The lowest BCUT2D eigenvalue weighted by Gasteiger charge is -2.34. The molecule has 2 rings (SSSR count). The zero-order valence-electron chi connectivity index (χ0n) is 20.9. The molecule has 33 heavy (non-hydrogen) atoms. The Hall–Kier alpha value is -2.77. The fraction of sp³-hybridized carbons (Fsp3) is 0.640. The molecule has 1 aliphatic carbocycles. The van der Waals surface area contributed by atoms with E-state index in [1.807, 2.05) is 13.8 Å². The number of alkyl carbamates (subject to hydrolysis) is 1. The summed E-state index contributed by atoms with van der Waals surface area (Å²) in [6.45, 7) is 13.2. The first-order valence-corrected chi connectivity index (χ1v) is 11.7. The van der Waals surface area contributed by atoms with Gasteiger partial charge < -0.3 is 25.4 Å². The van der Waals surface area contributed by atoms with Crippen molar-refractivity contribution in [1.82, 2.24) is 15.5 Å². The van der Waals surface area contributed by atoms with Crippen LogP contribution in [0, 0.1) is 12.8 Å². The summed E-state index contributed by atoms with van der Waals surface area (Å²) >= 11 is 0. The number of nitrogens with zero attached hydrogens (tertiary/aromatic N) is 1. The third-order valence-electron chi connectivity index (χ3n) is 5.68. The lowest BCUT2D eigenvalue weighted by molar-refractivity contribution is -0.143. The van der Waals surface area contributed by atoms with Crippen LogP contribution in [0.25, 0.3) is 0 Å². The largest absolute Gasteiger partial charge is 0.508 e. The quantitative estimate of drug-likeness (QED) is 0.485. The number of aryl methyl sites for hydroxylation is 1. The van der Waals surface area contributed by atoms with Crippen molar-refractivity contribution < 1.29 is 24.2 Å². The van der Waals surface area contributed by atoms with Gasteiger partial charge in [0, 0.05) is 12.6 Å². The highest BCUT2D eigenvalue weighted by molar-refractivity contribution is 5.92. The number of phenols is 1. The maximum Gasteiger partial charge on any atom is 0.408 e. The van der Waals surface area contributed by atoms with Crippen molar-refractivity contribution in [3.05, 3.63) is 29.3 Å². The van der Waals surface area contributed by atoms with Crippen LogP contribution in [0.4, 0.5) is 4.79 Å². The Morgan fingerprint density at radius 3 is 2.42 bits per heavy atom. The fourth-order valence-corrected chi connectivity index (χ4v) is 3.71. The molecule has 4 unspecified atom stereocenters. The van der Waals surface area contributed by atoms with Crippen LogP contribution in [0.2, 0.25) is 0 Å². The number of phenolic OH excluding ortho intramolecular Hbond substituents is 1. The van der Waals surface area contributed by atoms with E-state index in [-0.39, 0.29) is 29.5 Å². The van der Waals surface area contributed by atoms with E-state index in [1.165, 1.54) is 0 Å². The van der Waals surface area contributed by atoms with Crippen LogP contribution in [-0.2, 0) is 14.3 Å². The molecule has 0 bridgehead atoms. The first-order chi connectivity index (χ1) is 15.4. The number of nitrogens with one attached hydrogen (secondary N) is 2. The molecule has 3 N–H and O–H groups in total. The summed E-state index contributed by atoms with van der Waals surface area (Å²) in [6, 6.07) is 3.09. The molecule has 1 aromatic carbocycles. The van der Waals surface area contributed by atoms with Gasteiger partial charge in [0.05, 0.1) is 0 Å². The van der Waals surface area contributed by atoms with Crippen LogP contribution in [0.15, 0.2) is 18.2 Å². The van der Waals surface area contributed by atoms with Gasteiger partial charge in [-0.15, -0.1) is 0 Å². The Balaban J connectivity index is 2.37. The molecule has 1 fully saturated rings. The highest BCUT2D eigenvalue weighted by Gasteiger charge is 2.47. The number of amides is 3. The van der Waals surface area contributed by atoms with Crippen LogP contribution >= 0.6 is 0 Å². The summed E-state index contributed by atoms with van der Waals surface area (Å²) in [5.41, 5.74) is 0.550. The molecule has 0 aliphatic heterocycles. The van der Waals surface area contributed by atoms with Crippen molar-refractivity contribution in [1.29, 1.82) is 0 Å². The smallest absolute Gasteiger partial charge is 0.408 e. The van der Waals surface area contributed by atoms with Gasteiger partial charge in [-0.25, -0.2) is 4.79 Å². The van der Waals surface area contributed by atoms with Gasteiger partial charge in [-0.3, -0.25) is 9.59 Å². The molecule has 4 atom stereocenters. The predicted molar refractivity (Wildman–Crippen MR) is 127 cm³/mol. The van der Waals surface area contributed by atoms with Crippen LogP contribution < -0.4 is 10.6 Å². The van der Waals surface area contributed by atoms with Crippen LogP contribution in [-0.4, -0.2) is 52.1 Å². The van der Waals surface area contributed by atoms with Gasteiger partial charge >= 0.3 is 6.09 Å². The fourth-order valence-electron chi connectivity index (χ4n) is 3.71. The highest BCUT2D eigenvalue weighted by Crippen LogP contribution is 2.41. The molecule has 184 valence electrons. The zero-order valence-corrected chi connectivity index (χ0v) is 20.9. The topological polar surface area (TPSA) is 108 Å². The summed E-state index contributed by atoms with van der Waals surface area (Å²) in [4.78, 5) is 40.8. The Bertz CT molecular complexity index is 864. The number of ether oxygens (including phenoxy) is 1. The minimum absolute atomic E-state index is 0.114. The Labute approximate surface area is 197 Å². The summed E-state index contributed by atoms with van der Waals surface area (Å²) < 4.78 is 5.29. The molecular weight excluding hydrogens is 422 g/mol. The van der Waals surface area contributed by atoms with E-state index in [4.69, 9.17) is 4.74 Å². The van der Waals surface area contributed by atoms with Crippen LogP contribution in [0.1, 0.15) is 78.0 Å². The van der Waals surface area contributed by atoms with Crippen molar-refractivity contribution >= 4 is 17.9 Å². The first kappa shape index (κ1) is 26.5. The van der Waals surface area contributed by atoms with Gasteiger partial charge in [0.2, 0.25) is 11.8 Å². The maximum absolute atomic E-state index is 13.6. The molecule has 1 aliphatic rings. The predicted octanol–water partition coefficient (Wildman–Crippen LogP) is 3.81. The number of carbonyl (C=O) groups is 3. The summed E-state index contributed by atoms with van der Waals surface area (Å²) in [5.74, 6) is -0.254. The first-order valence-electron chi connectivity index (χ1n) is 11.7. The monoisotopic (exact) mass is 461 g/mol. The Kier molecular flexibility index (Phi) is 8.75. The molecule has 8 heteroatoms. The van der Waals surface area contributed by atoms with Crippen molar-refractivity contribution in [2.75, 3.05) is 6.54 Å². The average molecular weight is 462 g/mol. The molecular formula is C25H39N3O5. The molecule has 1 saturated carbocycles. The lowest BCUT2D eigenvalue weighted by atomic mass is 10.00. The molecule has 0 radical (unpaired) electrons. The number of hydrogen-bond acceptors (Lipinski definition) is 5. The molecule has 0 spiro atoms. The van der Waals surface area contributed by atoms with Crippen LogP contribution in [0.5, 0.6) is 5.75 Å². The van der Waals surface area contributed by atoms with Crippen molar-refractivity contribution in [3.63, 3.8) is 0 Å². The van der Waals surface area contributed by atoms with E-state index >= 15 is 0 Å². The van der Waals surface area contributed by atoms with E-state index in [9.17, 15) is 19.5 Å². The van der Waals surface area contributed by atoms with E-state index in [0.717, 1.165) is 19.3 Å². The lowest BCUT2D eigenvalue weighted by Crippen LogP contribution is -2.53. The maximum atomic E-state index is 13.6. The number of aromatic hydroxyl groups is 1. The van der Waals surface area contributed by atoms with Gasteiger partial charge in [0.25, 0.3) is 0 Å². The zero-order chi connectivity index (χ0) is 24.9. The van der Waals surface area contributed by atoms with Gasteiger partial charge in [0.15, 0.2) is 0 Å². The van der Waals surface area contributed by atoms with E-state index in [1.54, 1.807) is 57.7 Å². The van der Waals surface area contributed by atoms with Crippen molar-refractivity contribution in [2.45, 2.75) is 91.5 Å². The summed E-state index contributed by atoms with van der Waals surface area (Å²) in [6.07, 6.45) is 1.86. The third kappa shape index (κ3) is 7.37. The van der Waals surface area contributed by atoms with Crippen molar-refractivity contribution in [3.8, 4) is 5.75 Å². The van der Waals surface area contributed by atoms with Gasteiger partial charge in [-0.1, -0.05) is 26.3 Å². The van der Waals surface area contributed by atoms with Gasteiger partial charge in [-0.05, 0) is 76.6 Å². The van der Waals surface area contributed by atoms with E-state index in [2.05, 4.69) is 10.6 Å². The van der Waals surface area contributed by atoms with Crippen LogP contribution in [0.3, 0.4) is 0 Å². The summed E-state index contributed by atoms with van der Waals surface area (Å²) in [7, 11) is 0. The van der Waals surface area contributed by atoms with E-state index < -0.39 is 23.8 Å². The van der Waals surface area contributed by atoms with Gasteiger partial charge in [-0.2, -0.15) is 0 Å². The number of benzene rings is 1. The molecule has 0 aromatic heterocycles. The Morgan fingerprint density at radius 2 is 1.91 bits per heavy atom. The minimum Gasteiger partial charge on any atom is -0.508 e. The highest BCUT2D eigenvalue weighted by atomic mass is 16.6. The SMILES string of the molecule is CCCCNC(=O)C(c1ccc(O)c(C)c1)N(C(=O)C(C)NC(=O)OC(C)(C)C)C1CC1C. The third-order valence-corrected chi connectivity index (χ3v) is 5.68. The number of rotatable bonds is 9. The standard InChI is InChI=1S/C25H39N3O5/c1-8-9-12-26-22(30)21(18-10-11-20(29)16(3)13-18)28(19-14-15(19)2)23(31)17(4)27-24(32)33-25(5,6)7/h10-11,13,15,17,19,21,29H,8-9,12,14H2,1-7H3,(H,26,30)(H,27,32). The molecule has 1 aromatic rings.